The minimum atomic E-state index is -0.319. The molecule has 1 saturated carbocycles. The molecule has 4 heteroatoms. The molecule has 0 aromatic rings. The van der Waals surface area contributed by atoms with Gasteiger partial charge in [-0.15, -0.1) is 0 Å². The average molecular weight is 200 g/mol. The number of hydrogen-bond donors (Lipinski definition) is 2. The van der Waals surface area contributed by atoms with E-state index in [0.717, 1.165) is 19.3 Å². The lowest BCUT2D eigenvalue weighted by atomic mass is 10.1. The van der Waals surface area contributed by atoms with E-state index >= 15 is 0 Å². The van der Waals surface area contributed by atoms with Gasteiger partial charge in [0, 0.05) is 12.6 Å². The number of carbonyl (C=O) groups excluding carboxylic acids is 1. The van der Waals surface area contributed by atoms with Crippen LogP contribution in [0.2, 0.25) is 0 Å². The summed E-state index contributed by atoms with van der Waals surface area (Å²) in [7, 11) is 0. The Morgan fingerprint density at radius 2 is 2.29 bits per heavy atom. The molecule has 0 aromatic heterocycles. The van der Waals surface area contributed by atoms with Crippen LogP contribution < -0.4 is 11.1 Å². The maximum atomic E-state index is 11.1. The Labute approximate surface area is 85.2 Å². The monoisotopic (exact) mass is 200 g/mol. The summed E-state index contributed by atoms with van der Waals surface area (Å²) in [5.74, 6) is 0.532. The lowest BCUT2D eigenvalue weighted by molar-refractivity contribution is 0.114. The Hall–Kier alpha value is -0.770. The number of amides is 1. The van der Waals surface area contributed by atoms with Crippen molar-refractivity contribution in [2.75, 3.05) is 6.54 Å². The molecule has 82 valence electrons. The van der Waals surface area contributed by atoms with Crippen molar-refractivity contribution in [1.82, 2.24) is 5.32 Å². The molecule has 4 nitrogen and oxygen atoms in total. The van der Waals surface area contributed by atoms with E-state index in [-0.39, 0.29) is 12.2 Å². The van der Waals surface area contributed by atoms with E-state index < -0.39 is 0 Å². The minimum absolute atomic E-state index is 0.0548. The first-order valence-corrected chi connectivity index (χ1v) is 5.28. The first-order valence-electron chi connectivity index (χ1n) is 5.28. The molecule has 2 unspecified atom stereocenters. The van der Waals surface area contributed by atoms with Crippen molar-refractivity contribution >= 4 is 6.09 Å². The Bertz CT molecular complexity index is 195. The third-order valence-electron chi connectivity index (χ3n) is 2.46. The van der Waals surface area contributed by atoms with Gasteiger partial charge in [0.15, 0.2) is 0 Å². The highest BCUT2D eigenvalue weighted by molar-refractivity contribution is 5.67. The van der Waals surface area contributed by atoms with Crippen LogP contribution in [0.25, 0.3) is 0 Å². The molecule has 0 radical (unpaired) electrons. The second kappa shape index (κ2) is 5.20. The van der Waals surface area contributed by atoms with Gasteiger partial charge in [-0.25, -0.2) is 4.79 Å². The largest absolute Gasteiger partial charge is 0.447 e. The summed E-state index contributed by atoms with van der Waals surface area (Å²) in [6.45, 7) is 4.37. The van der Waals surface area contributed by atoms with Crippen LogP contribution in [0, 0.1) is 5.92 Å². The molecule has 2 atom stereocenters. The third-order valence-corrected chi connectivity index (χ3v) is 2.46. The lowest BCUT2D eigenvalue weighted by Crippen LogP contribution is -2.31. The number of carbonyl (C=O) groups is 1. The predicted octanol–water partition coefficient (Wildman–Crippen LogP) is 1.25. The van der Waals surface area contributed by atoms with Crippen molar-refractivity contribution in [3.8, 4) is 0 Å². The maximum Gasteiger partial charge on any atom is 0.407 e. The fourth-order valence-corrected chi connectivity index (χ4v) is 1.78. The second-order valence-electron chi connectivity index (χ2n) is 4.27. The van der Waals surface area contributed by atoms with Gasteiger partial charge in [-0.1, -0.05) is 0 Å². The number of rotatable bonds is 3. The summed E-state index contributed by atoms with van der Waals surface area (Å²) in [4.78, 5) is 11.1. The van der Waals surface area contributed by atoms with Gasteiger partial charge in [0.05, 0.1) is 6.10 Å². The molecule has 1 aliphatic rings. The number of nitrogens with two attached hydrogens (primary N) is 1. The molecule has 0 aliphatic heterocycles. The second-order valence-corrected chi connectivity index (χ2v) is 4.27. The SMILES string of the molecule is CC(C)OC(=O)NCC1CCC(N)C1. The molecular weight excluding hydrogens is 180 g/mol. The van der Waals surface area contributed by atoms with Gasteiger partial charge in [0.1, 0.15) is 0 Å². The van der Waals surface area contributed by atoms with Crippen LogP contribution >= 0.6 is 0 Å². The van der Waals surface area contributed by atoms with E-state index in [1.165, 1.54) is 0 Å². The molecule has 1 rings (SSSR count). The minimum Gasteiger partial charge on any atom is -0.447 e. The van der Waals surface area contributed by atoms with Gasteiger partial charge in [-0.2, -0.15) is 0 Å². The quantitative estimate of drug-likeness (QED) is 0.720. The summed E-state index contributed by atoms with van der Waals surface area (Å²) in [6.07, 6.45) is 2.83. The van der Waals surface area contributed by atoms with Gasteiger partial charge >= 0.3 is 6.09 Å². The first-order chi connectivity index (χ1) is 6.58. The molecule has 0 spiro atoms. The van der Waals surface area contributed by atoms with E-state index in [2.05, 4.69) is 5.32 Å². The molecule has 1 amide bonds. The fraction of sp³-hybridized carbons (Fsp3) is 0.900. The van der Waals surface area contributed by atoms with Crippen LogP contribution in [0.5, 0.6) is 0 Å². The summed E-state index contributed by atoms with van der Waals surface area (Å²) in [5, 5.41) is 2.76. The molecule has 0 heterocycles. The van der Waals surface area contributed by atoms with Crippen LogP contribution in [0.3, 0.4) is 0 Å². The predicted molar refractivity (Wildman–Crippen MR) is 54.9 cm³/mol. The third kappa shape index (κ3) is 3.96. The van der Waals surface area contributed by atoms with E-state index in [9.17, 15) is 4.79 Å². The number of hydrogen-bond acceptors (Lipinski definition) is 3. The Morgan fingerprint density at radius 1 is 1.57 bits per heavy atom. The average Bonchev–Trinajstić information content (AvgIpc) is 2.47. The number of alkyl carbamates (subject to hydrolysis) is 1. The van der Waals surface area contributed by atoms with Crippen molar-refractivity contribution in [2.45, 2.75) is 45.3 Å². The lowest BCUT2D eigenvalue weighted by Gasteiger charge is -2.12. The molecule has 14 heavy (non-hydrogen) atoms. The van der Waals surface area contributed by atoms with Gasteiger partial charge in [0.25, 0.3) is 0 Å². The van der Waals surface area contributed by atoms with Crippen LogP contribution in [0.15, 0.2) is 0 Å². The van der Waals surface area contributed by atoms with E-state index in [1.54, 1.807) is 0 Å². The number of nitrogens with one attached hydrogen (secondary N) is 1. The first kappa shape index (κ1) is 11.3. The highest BCUT2D eigenvalue weighted by Gasteiger charge is 2.22. The Kier molecular flexibility index (Phi) is 4.20. The fourth-order valence-electron chi connectivity index (χ4n) is 1.78. The van der Waals surface area contributed by atoms with Crippen molar-refractivity contribution in [3.63, 3.8) is 0 Å². The van der Waals surface area contributed by atoms with Gasteiger partial charge in [-0.3, -0.25) is 0 Å². The van der Waals surface area contributed by atoms with E-state index in [4.69, 9.17) is 10.5 Å². The van der Waals surface area contributed by atoms with Gasteiger partial charge in [0.2, 0.25) is 0 Å². The summed E-state index contributed by atoms with van der Waals surface area (Å²) in [5.41, 5.74) is 5.77. The zero-order valence-electron chi connectivity index (χ0n) is 8.95. The normalized spacial score (nSPS) is 26.6. The van der Waals surface area contributed by atoms with Gasteiger partial charge < -0.3 is 15.8 Å². The van der Waals surface area contributed by atoms with Crippen LogP contribution in [-0.2, 0) is 4.74 Å². The zero-order chi connectivity index (χ0) is 10.6. The molecule has 1 aliphatic carbocycles. The molecule has 0 aromatic carbocycles. The highest BCUT2D eigenvalue weighted by Crippen LogP contribution is 2.23. The summed E-state index contributed by atoms with van der Waals surface area (Å²) < 4.78 is 4.96. The zero-order valence-corrected chi connectivity index (χ0v) is 8.95. The van der Waals surface area contributed by atoms with Crippen molar-refractivity contribution in [3.05, 3.63) is 0 Å². The van der Waals surface area contributed by atoms with Crippen molar-refractivity contribution < 1.29 is 9.53 Å². The smallest absolute Gasteiger partial charge is 0.407 e. The van der Waals surface area contributed by atoms with Crippen LogP contribution in [-0.4, -0.2) is 24.8 Å². The molecule has 3 N–H and O–H groups in total. The van der Waals surface area contributed by atoms with Crippen molar-refractivity contribution in [1.29, 1.82) is 0 Å². The van der Waals surface area contributed by atoms with Crippen LogP contribution in [0.4, 0.5) is 4.79 Å². The standard InChI is InChI=1S/C10H20N2O2/c1-7(2)14-10(13)12-6-8-3-4-9(11)5-8/h7-9H,3-6,11H2,1-2H3,(H,12,13). The van der Waals surface area contributed by atoms with Gasteiger partial charge in [-0.05, 0) is 39.0 Å². The molecule has 0 bridgehead atoms. The summed E-state index contributed by atoms with van der Waals surface area (Å²) >= 11 is 0. The maximum absolute atomic E-state index is 11.1. The molecule has 1 fully saturated rings. The highest BCUT2D eigenvalue weighted by atomic mass is 16.6. The summed E-state index contributed by atoms with van der Waals surface area (Å²) in [6, 6.07) is 0.322. The number of ether oxygens (including phenoxy) is 1. The van der Waals surface area contributed by atoms with Crippen LogP contribution in [0.1, 0.15) is 33.1 Å². The Balaban J connectivity index is 2.11. The topological polar surface area (TPSA) is 64.3 Å². The van der Waals surface area contributed by atoms with Crippen molar-refractivity contribution in [2.24, 2.45) is 11.7 Å². The van der Waals surface area contributed by atoms with E-state index in [0.29, 0.717) is 18.5 Å². The van der Waals surface area contributed by atoms with E-state index in [1.807, 2.05) is 13.8 Å². The molecule has 0 saturated heterocycles. The Morgan fingerprint density at radius 3 is 2.79 bits per heavy atom. The molecular formula is C10H20N2O2.